The maximum absolute atomic E-state index is 3.57. The van der Waals surface area contributed by atoms with Gasteiger partial charge in [-0.3, -0.25) is 0 Å². The van der Waals surface area contributed by atoms with Crippen molar-refractivity contribution in [1.29, 1.82) is 0 Å². The molecule has 15 heavy (non-hydrogen) atoms. The molecule has 86 valence electrons. The third kappa shape index (κ3) is 1.95. The average molecular weight is 207 g/mol. The highest BCUT2D eigenvalue weighted by molar-refractivity contribution is 5.00. The lowest BCUT2D eigenvalue weighted by Crippen LogP contribution is -2.27. The molecule has 0 radical (unpaired) electrons. The zero-order valence-corrected chi connectivity index (χ0v) is 10.1. The summed E-state index contributed by atoms with van der Waals surface area (Å²) in [6.07, 6.45) is 10.9. The number of nitrogens with one attached hydrogen (secondary N) is 1. The van der Waals surface area contributed by atoms with Gasteiger partial charge in [0.15, 0.2) is 0 Å². The first-order valence-corrected chi connectivity index (χ1v) is 7.02. The Kier molecular flexibility index (Phi) is 2.54. The predicted octanol–water partition coefficient (Wildman–Crippen LogP) is 3.20. The molecule has 0 amide bonds. The Morgan fingerprint density at radius 3 is 2.60 bits per heavy atom. The van der Waals surface area contributed by atoms with Crippen molar-refractivity contribution in [2.45, 2.75) is 51.9 Å². The molecule has 3 aliphatic rings. The van der Waals surface area contributed by atoms with E-state index in [4.69, 9.17) is 0 Å². The Morgan fingerprint density at radius 1 is 1.20 bits per heavy atom. The van der Waals surface area contributed by atoms with Crippen molar-refractivity contribution in [2.24, 2.45) is 23.2 Å². The number of fused-ring (bicyclic) bond motifs is 2. The van der Waals surface area contributed by atoms with Gasteiger partial charge in [-0.15, -0.1) is 0 Å². The summed E-state index contributed by atoms with van der Waals surface area (Å²) in [4.78, 5) is 0. The van der Waals surface area contributed by atoms with Gasteiger partial charge in [-0.05, 0) is 68.2 Å². The van der Waals surface area contributed by atoms with Gasteiger partial charge in [0.25, 0.3) is 0 Å². The molecular formula is C14H25N. The van der Waals surface area contributed by atoms with Crippen molar-refractivity contribution in [3.8, 4) is 0 Å². The van der Waals surface area contributed by atoms with Gasteiger partial charge >= 0.3 is 0 Å². The highest BCUT2D eigenvalue weighted by Gasteiger charge is 2.48. The van der Waals surface area contributed by atoms with E-state index < -0.39 is 0 Å². The third-order valence-corrected chi connectivity index (χ3v) is 5.29. The fourth-order valence-electron chi connectivity index (χ4n) is 4.20. The first kappa shape index (κ1) is 10.1. The molecular weight excluding hydrogens is 182 g/mol. The van der Waals surface area contributed by atoms with Gasteiger partial charge in [0.1, 0.15) is 0 Å². The van der Waals surface area contributed by atoms with Crippen molar-refractivity contribution in [3.63, 3.8) is 0 Å². The van der Waals surface area contributed by atoms with Crippen LogP contribution in [0.3, 0.4) is 0 Å². The van der Waals surface area contributed by atoms with Crippen molar-refractivity contribution >= 4 is 0 Å². The van der Waals surface area contributed by atoms with Crippen LogP contribution in [0.1, 0.15) is 51.9 Å². The summed E-state index contributed by atoms with van der Waals surface area (Å²) in [6, 6.07) is 0. The Morgan fingerprint density at radius 2 is 2.07 bits per heavy atom. The summed E-state index contributed by atoms with van der Waals surface area (Å²) < 4.78 is 0. The van der Waals surface area contributed by atoms with Crippen LogP contribution in [0.5, 0.6) is 0 Å². The molecule has 3 fully saturated rings. The summed E-state index contributed by atoms with van der Waals surface area (Å²) in [6.45, 7) is 4.68. The second kappa shape index (κ2) is 3.76. The summed E-state index contributed by atoms with van der Waals surface area (Å²) >= 11 is 0. The molecule has 0 aromatic carbocycles. The SMILES string of the molecule is CCNCC1(CC2CC3CCC2C3)CC1. The van der Waals surface area contributed by atoms with Gasteiger partial charge < -0.3 is 5.32 Å². The van der Waals surface area contributed by atoms with Crippen molar-refractivity contribution < 1.29 is 0 Å². The Labute approximate surface area is 94.0 Å². The lowest BCUT2D eigenvalue weighted by atomic mass is 9.81. The average Bonchev–Trinajstić information content (AvgIpc) is 2.71. The largest absolute Gasteiger partial charge is 0.316 e. The van der Waals surface area contributed by atoms with Gasteiger partial charge in [-0.2, -0.15) is 0 Å². The van der Waals surface area contributed by atoms with Gasteiger partial charge in [0, 0.05) is 6.54 Å². The quantitative estimate of drug-likeness (QED) is 0.730. The Hall–Kier alpha value is -0.0400. The van der Waals surface area contributed by atoms with E-state index in [1.807, 2.05) is 0 Å². The second-order valence-electron chi connectivity index (χ2n) is 6.42. The Balaban J connectivity index is 1.52. The fraction of sp³-hybridized carbons (Fsp3) is 1.00. The van der Waals surface area contributed by atoms with Crippen LogP contribution in [-0.2, 0) is 0 Å². The number of hydrogen-bond donors (Lipinski definition) is 1. The monoisotopic (exact) mass is 207 g/mol. The molecule has 2 bridgehead atoms. The van der Waals surface area contributed by atoms with Crippen LogP contribution in [0.15, 0.2) is 0 Å². The molecule has 3 rings (SSSR count). The van der Waals surface area contributed by atoms with E-state index in [2.05, 4.69) is 12.2 Å². The third-order valence-electron chi connectivity index (χ3n) is 5.29. The van der Waals surface area contributed by atoms with E-state index in [0.29, 0.717) is 0 Å². The van der Waals surface area contributed by atoms with Gasteiger partial charge in [-0.1, -0.05) is 13.3 Å². The zero-order valence-electron chi connectivity index (χ0n) is 10.1. The zero-order chi connectivity index (χ0) is 10.3. The lowest BCUT2D eigenvalue weighted by molar-refractivity contribution is 0.251. The second-order valence-corrected chi connectivity index (χ2v) is 6.42. The molecule has 0 spiro atoms. The van der Waals surface area contributed by atoms with Crippen molar-refractivity contribution in [3.05, 3.63) is 0 Å². The van der Waals surface area contributed by atoms with E-state index in [0.717, 1.165) is 29.7 Å². The van der Waals surface area contributed by atoms with E-state index in [1.54, 1.807) is 32.1 Å². The molecule has 0 aromatic rings. The van der Waals surface area contributed by atoms with Crippen LogP contribution in [0.2, 0.25) is 0 Å². The fourth-order valence-corrected chi connectivity index (χ4v) is 4.20. The maximum atomic E-state index is 3.57. The standard InChI is InChI=1S/C14H25N/c1-2-15-10-14(5-6-14)9-13-8-11-3-4-12(13)7-11/h11-13,15H,2-10H2,1H3. The van der Waals surface area contributed by atoms with Crippen LogP contribution in [0, 0.1) is 23.2 Å². The first-order chi connectivity index (χ1) is 7.31. The molecule has 0 heterocycles. The molecule has 3 saturated carbocycles. The minimum atomic E-state index is 0.755. The number of rotatable bonds is 5. The molecule has 3 unspecified atom stereocenters. The van der Waals surface area contributed by atoms with Gasteiger partial charge in [0.2, 0.25) is 0 Å². The molecule has 0 aromatic heterocycles. The van der Waals surface area contributed by atoms with E-state index >= 15 is 0 Å². The minimum absolute atomic E-state index is 0.755. The number of hydrogen-bond acceptors (Lipinski definition) is 1. The van der Waals surface area contributed by atoms with Crippen LogP contribution in [0.4, 0.5) is 0 Å². The van der Waals surface area contributed by atoms with Crippen LogP contribution in [-0.4, -0.2) is 13.1 Å². The van der Waals surface area contributed by atoms with E-state index in [-0.39, 0.29) is 0 Å². The molecule has 1 heteroatoms. The summed E-state index contributed by atoms with van der Waals surface area (Å²) in [5.74, 6) is 3.38. The molecule has 3 atom stereocenters. The smallest absolute Gasteiger partial charge is 0.000780 e. The van der Waals surface area contributed by atoms with Crippen LogP contribution in [0.25, 0.3) is 0 Å². The van der Waals surface area contributed by atoms with Gasteiger partial charge in [0.05, 0.1) is 0 Å². The summed E-state index contributed by atoms with van der Waals surface area (Å²) in [5, 5.41) is 3.57. The molecule has 0 aliphatic heterocycles. The van der Waals surface area contributed by atoms with E-state index in [1.165, 1.54) is 19.4 Å². The highest BCUT2D eigenvalue weighted by atomic mass is 14.9. The normalized spacial score (nSPS) is 41.0. The highest BCUT2D eigenvalue weighted by Crippen LogP contribution is 2.57. The molecule has 0 saturated heterocycles. The minimum Gasteiger partial charge on any atom is -0.316 e. The lowest BCUT2D eigenvalue weighted by Gasteiger charge is -2.26. The maximum Gasteiger partial charge on any atom is 0.000780 e. The molecule has 1 N–H and O–H groups in total. The summed E-state index contributed by atoms with van der Waals surface area (Å²) in [7, 11) is 0. The van der Waals surface area contributed by atoms with Crippen LogP contribution >= 0.6 is 0 Å². The van der Waals surface area contributed by atoms with Crippen molar-refractivity contribution in [2.75, 3.05) is 13.1 Å². The summed E-state index contributed by atoms with van der Waals surface area (Å²) in [5.41, 5.74) is 0.755. The molecule has 1 nitrogen and oxygen atoms in total. The topological polar surface area (TPSA) is 12.0 Å². The molecule has 3 aliphatic carbocycles. The van der Waals surface area contributed by atoms with Crippen molar-refractivity contribution in [1.82, 2.24) is 5.32 Å². The first-order valence-electron chi connectivity index (χ1n) is 7.02. The van der Waals surface area contributed by atoms with E-state index in [9.17, 15) is 0 Å². The van der Waals surface area contributed by atoms with Crippen LogP contribution < -0.4 is 5.32 Å². The Bertz CT molecular complexity index is 231. The predicted molar refractivity (Wildman–Crippen MR) is 63.8 cm³/mol. The van der Waals surface area contributed by atoms with Gasteiger partial charge in [-0.25, -0.2) is 0 Å².